The number of nitrogen functional groups attached to an aromatic ring is 1. The zero-order valence-electron chi connectivity index (χ0n) is 19.5. The van der Waals surface area contributed by atoms with Crippen LogP contribution in [0.3, 0.4) is 0 Å². The minimum Gasteiger partial charge on any atom is -1.00 e. The molecule has 0 bridgehead atoms. The molecule has 0 saturated carbocycles. The molecule has 0 spiro atoms. The van der Waals surface area contributed by atoms with E-state index in [4.69, 9.17) is 5.73 Å². The number of nitrogens with one attached hydrogen (secondary N) is 1. The smallest absolute Gasteiger partial charge is 1.00 e. The second-order valence-corrected chi connectivity index (χ2v) is 9.87. The van der Waals surface area contributed by atoms with Crippen LogP contribution < -0.4 is 70.2 Å². The third-order valence-electron chi connectivity index (χ3n) is 4.26. The average Bonchev–Trinajstić information content (AvgIpc) is 2.66. The number of benzene rings is 3. The Hall–Kier alpha value is -1.52. The van der Waals surface area contributed by atoms with Crippen LogP contribution in [0.5, 0.6) is 5.75 Å². The Balaban J connectivity index is 0.00000385. The monoisotopic (exact) mass is 525 g/mol. The fraction of sp³-hybridized carbons (Fsp3) is 0.0526. The summed E-state index contributed by atoms with van der Waals surface area (Å²) in [4.78, 5) is 10.5. The molecule has 1 unspecified atom stereocenters. The summed E-state index contributed by atoms with van der Waals surface area (Å²) in [6.45, 7) is 1.23. The van der Waals surface area contributed by atoms with Crippen molar-refractivity contribution in [3.8, 4) is 5.75 Å². The van der Waals surface area contributed by atoms with E-state index in [1.807, 2.05) is 0 Å². The summed E-state index contributed by atoms with van der Waals surface area (Å²) in [7, 11) is -8.33. The first-order valence-corrected chi connectivity index (χ1v) is 11.9. The molecule has 3 aromatic rings. The van der Waals surface area contributed by atoms with Crippen LogP contribution in [-0.4, -0.2) is 38.6 Å². The van der Waals surface area contributed by atoms with Crippen LogP contribution >= 0.6 is 0 Å². The molecule has 0 radical (unpaired) electrons. The summed E-state index contributed by atoms with van der Waals surface area (Å²) in [6.07, 6.45) is 0. The maximum absolute atomic E-state index is 11.8. The Kier molecular flexibility index (Phi) is 10.3. The van der Waals surface area contributed by atoms with Gasteiger partial charge in [0.2, 0.25) is 5.91 Å². The molecular formula is C19H19N4Na2O7S2+. The number of amides is 1. The molecule has 15 heteroatoms. The quantitative estimate of drug-likeness (QED) is 0.0788. The molecular weight excluding hydrogens is 506 g/mol. The zero-order valence-corrected chi connectivity index (χ0v) is 24.1. The average molecular weight is 525 g/mol. The maximum Gasteiger partial charge on any atom is 1.00 e. The fourth-order valence-electron chi connectivity index (χ4n) is 2.89. The number of carbonyl (C=O) groups excluding carboxylic acids is 1. The Morgan fingerprint density at radius 1 is 1.06 bits per heavy atom. The van der Waals surface area contributed by atoms with Gasteiger partial charge in [-0.3, -0.25) is 9.35 Å². The molecule has 6 N–H and O–H groups in total. The van der Waals surface area contributed by atoms with E-state index < -0.39 is 36.5 Å². The predicted molar refractivity (Wildman–Crippen MR) is 122 cm³/mol. The third-order valence-corrected chi connectivity index (χ3v) is 6.11. The van der Waals surface area contributed by atoms with Crippen LogP contribution in [0.1, 0.15) is 8.35 Å². The van der Waals surface area contributed by atoms with Crippen molar-refractivity contribution >= 4 is 65.2 Å². The minimum atomic E-state index is -4.73. The molecule has 0 saturated heterocycles. The van der Waals surface area contributed by atoms with Crippen molar-refractivity contribution in [2.24, 2.45) is 10.2 Å². The molecule has 11 nitrogen and oxygen atoms in total. The molecule has 3 aromatic carbocycles. The summed E-state index contributed by atoms with van der Waals surface area (Å²) in [5, 5.41) is 21.0. The standard InChI is InChI=1S/C19H18N4O7S2.2Na.H/c1-10(24)21-12-4-6-15(17(8-12)32(28,29)30)22-23-19-14(20)5-3-11-7-13(31(2,26)27)9-16(25)18(11)19;;;/h3-9,25H,2,20H2,1H3,(H,21,24)(H,26,27)(H,28,29,30);;;/q;2*+1;-1. The maximum atomic E-state index is 11.8. The number of anilines is 2. The zero-order chi connectivity index (χ0) is 23.8. The first-order chi connectivity index (χ1) is 14.8. The van der Waals surface area contributed by atoms with Gasteiger partial charge in [-0.1, -0.05) is 6.07 Å². The van der Waals surface area contributed by atoms with Gasteiger partial charge in [0.1, 0.15) is 31.8 Å². The molecule has 34 heavy (non-hydrogen) atoms. The summed E-state index contributed by atoms with van der Waals surface area (Å²) in [5.41, 5.74) is 5.84. The molecule has 0 aromatic heterocycles. The Labute approximate surface area is 241 Å². The molecule has 0 heterocycles. The van der Waals surface area contributed by atoms with E-state index in [2.05, 4.69) is 21.4 Å². The van der Waals surface area contributed by atoms with Crippen molar-refractivity contribution in [1.82, 2.24) is 0 Å². The summed E-state index contributed by atoms with van der Waals surface area (Å²) in [6, 6.07) is 8.85. The van der Waals surface area contributed by atoms with E-state index in [-0.39, 0.29) is 93.6 Å². The molecule has 3 rings (SSSR count). The van der Waals surface area contributed by atoms with E-state index >= 15 is 0 Å². The van der Waals surface area contributed by atoms with Crippen molar-refractivity contribution in [2.75, 3.05) is 11.1 Å². The second-order valence-electron chi connectivity index (χ2n) is 6.72. The predicted octanol–water partition coefficient (Wildman–Crippen LogP) is -2.58. The number of rotatable bonds is 5. The molecule has 1 amide bonds. The number of hydrogen-bond donors (Lipinski definition) is 5. The van der Waals surface area contributed by atoms with Gasteiger partial charge in [-0.25, -0.2) is 4.21 Å². The molecule has 170 valence electrons. The van der Waals surface area contributed by atoms with Gasteiger partial charge in [0.05, 0.1) is 16.0 Å². The third kappa shape index (κ3) is 7.01. The Morgan fingerprint density at radius 3 is 2.26 bits per heavy atom. The van der Waals surface area contributed by atoms with E-state index in [0.717, 1.165) is 12.1 Å². The number of aromatic hydroxyl groups is 1. The number of phenols is 1. The van der Waals surface area contributed by atoms with E-state index in [1.165, 1.54) is 37.3 Å². The molecule has 0 aliphatic rings. The fourth-order valence-corrected chi connectivity index (χ4v) is 4.15. The number of nitrogens with two attached hydrogens (primary N) is 1. The largest absolute Gasteiger partial charge is 1.00 e. The van der Waals surface area contributed by atoms with Gasteiger partial charge in [0.15, 0.2) is 0 Å². The van der Waals surface area contributed by atoms with Gasteiger partial charge in [0.25, 0.3) is 10.1 Å². The number of carbonyl (C=O) groups is 1. The van der Waals surface area contributed by atoms with E-state index in [0.29, 0.717) is 5.39 Å². The molecule has 0 aliphatic heterocycles. The molecule has 1 atom stereocenters. The summed E-state index contributed by atoms with van der Waals surface area (Å²) >= 11 is 0. The van der Waals surface area contributed by atoms with Gasteiger partial charge in [-0.2, -0.15) is 8.42 Å². The number of fused-ring (bicyclic) bond motifs is 1. The van der Waals surface area contributed by atoms with Crippen molar-refractivity contribution in [1.29, 1.82) is 0 Å². The Bertz CT molecular complexity index is 1520. The van der Waals surface area contributed by atoms with Gasteiger partial charge in [-0.15, -0.1) is 10.2 Å². The van der Waals surface area contributed by atoms with Crippen LogP contribution in [0.4, 0.5) is 22.7 Å². The minimum absolute atomic E-state index is 0. The SMILES string of the molecule is C=S(=O)(O)c1cc(O)c2c(N=Nc3ccc(NC(C)=O)cc3S(=O)(=O)O)c(N)ccc2c1.[H-].[Na+].[Na+]. The van der Waals surface area contributed by atoms with Crippen molar-refractivity contribution in [3.63, 3.8) is 0 Å². The normalized spacial score (nSPS) is 13.0. The van der Waals surface area contributed by atoms with Gasteiger partial charge in [-0.05, 0) is 47.7 Å². The number of azo groups is 1. The van der Waals surface area contributed by atoms with Crippen LogP contribution in [0.25, 0.3) is 10.8 Å². The van der Waals surface area contributed by atoms with Crippen molar-refractivity contribution in [3.05, 3.63) is 42.5 Å². The first kappa shape index (κ1) is 30.5. The van der Waals surface area contributed by atoms with Gasteiger partial charge < -0.3 is 22.1 Å². The number of nitrogens with zero attached hydrogens (tertiary/aromatic N) is 2. The molecule has 0 fully saturated rings. The summed E-state index contributed by atoms with van der Waals surface area (Å²) < 4.78 is 54.6. The number of hydrogen-bond acceptors (Lipinski definition) is 8. The number of phenolic OH excluding ortho intramolecular Hbond substituents is 1. The van der Waals surface area contributed by atoms with Crippen molar-refractivity contribution < 1.29 is 92.2 Å². The van der Waals surface area contributed by atoms with Crippen LogP contribution in [0.15, 0.2) is 62.5 Å². The van der Waals surface area contributed by atoms with Crippen LogP contribution in [0.2, 0.25) is 0 Å². The van der Waals surface area contributed by atoms with Crippen LogP contribution in [-0.2, 0) is 24.7 Å². The van der Waals surface area contributed by atoms with Crippen molar-refractivity contribution in [2.45, 2.75) is 16.7 Å². The van der Waals surface area contributed by atoms with E-state index in [1.54, 1.807) is 0 Å². The van der Waals surface area contributed by atoms with Crippen LogP contribution in [0, 0.1) is 0 Å². The Morgan fingerprint density at radius 2 is 1.71 bits per heavy atom. The summed E-state index contributed by atoms with van der Waals surface area (Å²) in [5.74, 6) is 2.29. The topological polar surface area (TPSA) is 192 Å². The van der Waals surface area contributed by atoms with Gasteiger partial charge in [0, 0.05) is 12.6 Å². The van der Waals surface area contributed by atoms with Gasteiger partial charge >= 0.3 is 59.1 Å². The first-order valence-electron chi connectivity index (χ1n) is 8.73. The van der Waals surface area contributed by atoms with E-state index in [9.17, 15) is 31.6 Å². The second kappa shape index (κ2) is 11.5. The molecule has 0 aliphatic carbocycles.